The molecule has 0 radical (unpaired) electrons. The summed E-state index contributed by atoms with van der Waals surface area (Å²) in [4.78, 5) is 26.7. The van der Waals surface area contributed by atoms with Gasteiger partial charge in [-0.25, -0.2) is 0 Å². The van der Waals surface area contributed by atoms with Gasteiger partial charge in [0, 0.05) is 10.2 Å². The number of rotatable bonds is 2. The van der Waals surface area contributed by atoms with Crippen molar-refractivity contribution >= 4 is 33.4 Å². The van der Waals surface area contributed by atoms with E-state index in [0.717, 1.165) is 21.3 Å². The van der Waals surface area contributed by atoms with Gasteiger partial charge in [0.25, 0.3) is 5.91 Å². The van der Waals surface area contributed by atoms with Crippen LogP contribution in [0.3, 0.4) is 0 Å². The van der Waals surface area contributed by atoms with Crippen LogP contribution in [0.1, 0.15) is 38.3 Å². The highest BCUT2D eigenvalue weighted by Gasteiger charge is 2.46. The van der Waals surface area contributed by atoms with Crippen LogP contribution in [0, 0.1) is 13.8 Å². The van der Waals surface area contributed by atoms with Gasteiger partial charge in [-0.1, -0.05) is 22.9 Å². The van der Waals surface area contributed by atoms with Crippen molar-refractivity contribution in [2.24, 2.45) is 0 Å². The van der Waals surface area contributed by atoms with Crippen LogP contribution in [0.25, 0.3) is 0 Å². The number of nitrogens with one attached hydrogen (secondary N) is 1. The minimum absolute atomic E-state index is 0.0572. The van der Waals surface area contributed by atoms with Crippen LogP contribution in [0.5, 0.6) is 0 Å². The van der Waals surface area contributed by atoms with Crippen LogP contribution < -0.4 is 10.2 Å². The van der Waals surface area contributed by atoms with Gasteiger partial charge in [-0.05, 0) is 57.4 Å². The first kappa shape index (κ1) is 16.0. The van der Waals surface area contributed by atoms with Crippen LogP contribution in [-0.2, 0) is 9.59 Å². The molecule has 0 saturated carbocycles. The van der Waals surface area contributed by atoms with Crippen LogP contribution in [0.15, 0.2) is 16.6 Å². The van der Waals surface area contributed by atoms with Crippen molar-refractivity contribution in [2.45, 2.75) is 52.6 Å². The first-order chi connectivity index (χ1) is 9.71. The minimum Gasteiger partial charge on any atom is -0.340 e. The van der Waals surface area contributed by atoms with Gasteiger partial charge in [0.15, 0.2) is 0 Å². The monoisotopic (exact) mass is 352 g/mol. The van der Waals surface area contributed by atoms with Gasteiger partial charge in [-0.3, -0.25) is 14.5 Å². The van der Waals surface area contributed by atoms with Gasteiger partial charge in [-0.15, -0.1) is 0 Å². The van der Waals surface area contributed by atoms with Crippen LogP contribution in [-0.4, -0.2) is 23.4 Å². The Morgan fingerprint density at radius 3 is 2.29 bits per heavy atom. The molecule has 21 heavy (non-hydrogen) atoms. The first-order valence-electron chi connectivity index (χ1n) is 7.13. The number of aryl methyl sites for hydroxylation is 2. The Balaban J connectivity index is 2.54. The second-order valence-electron chi connectivity index (χ2n) is 5.92. The van der Waals surface area contributed by atoms with E-state index >= 15 is 0 Å². The van der Waals surface area contributed by atoms with Crippen molar-refractivity contribution < 1.29 is 9.59 Å². The number of hydrogen-bond acceptors (Lipinski definition) is 2. The van der Waals surface area contributed by atoms with E-state index in [9.17, 15) is 9.59 Å². The summed E-state index contributed by atoms with van der Waals surface area (Å²) in [5, 5.41) is 2.84. The summed E-state index contributed by atoms with van der Waals surface area (Å²) in [6.45, 7) is 9.42. The van der Waals surface area contributed by atoms with Gasteiger partial charge < -0.3 is 5.32 Å². The zero-order chi connectivity index (χ0) is 15.9. The third-order valence-corrected chi connectivity index (χ3v) is 5.51. The Morgan fingerprint density at radius 2 is 1.81 bits per heavy atom. The van der Waals surface area contributed by atoms with Gasteiger partial charge in [0.2, 0.25) is 5.91 Å². The molecule has 0 aliphatic carbocycles. The highest BCUT2D eigenvalue weighted by atomic mass is 79.9. The first-order valence-corrected chi connectivity index (χ1v) is 7.93. The molecule has 1 N–H and O–H groups in total. The molecule has 1 aromatic carbocycles. The van der Waals surface area contributed by atoms with Crippen molar-refractivity contribution in [3.8, 4) is 0 Å². The summed E-state index contributed by atoms with van der Waals surface area (Å²) in [5.41, 5.74) is 2.04. The summed E-state index contributed by atoms with van der Waals surface area (Å²) in [6, 6.07) is 3.39. The predicted molar refractivity (Wildman–Crippen MR) is 87.4 cm³/mol. The highest BCUT2D eigenvalue weighted by Crippen LogP contribution is 2.32. The maximum Gasteiger partial charge on any atom is 0.253 e. The van der Waals surface area contributed by atoms with E-state index in [1.165, 1.54) is 0 Å². The zero-order valence-corrected chi connectivity index (χ0v) is 14.7. The number of hydrogen-bond donors (Lipinski definition) is 1. The van der Waals surface area contributed by atoms with Gasteiger partial charge in [-0.2, -0.15) is 0 Å². The molecule has 0 bridgehead atoms. The zero-order valence-electron chi connectivity index (χ0n) is 13.1. The lowest BCUT2D eigenvalue weighted by molar-refractivity contribution is -0.137. The molecular formula is C16H21BrN2O2. The number of halogens is 1. The molecule has 0 aromatic heterocycles. The van der Waals surface area contributed by atoms with Gasteiger partial charge in [0.1, 0.15) is 11.6 Å². The molecule has 114 valence electrons. The quantitative estimate of drug-likeness (QED) is 0.888. The number of carbonyl (C=O) groups is 2. The second-order valence-corrected chi connectivity index (χ2v) is 6.71. The number of carbonyl (C=O) groups excluding carboxylic acids is 2. The van der Waals surface area contributed by atoms with Crippen LogP contribution in [0.2, 0.25) is 0 Å². The van der Waals surface area contributed by atoms with Gasteiger partial charge in [0.05, 0.1) is 0 Å². The third-order valence-electron chi connectivity index (χ3n) is 4.26. The Morgan fingerprint density at radius 1 is 1.29 bits per heavy atom. The van der Waals surface area contributed by atoms with Crippen LogP contribution >= 0.6 is 15.9 Å². The third kappa shape index (κ3) is 2.59. The Bertz CT molecular complexity index is 591. The minimum atomic E-state index is -0.835. The molecule has 1 aromatic rings. The fourth-order valence-corrected chi connectivity index (χ4v) is 2.86. The van der Waals surface area contributed by atoms with Crippen LogP contribution in [0.4, 0.5) is 5.69 Å². The molecular weight excluding hydrogens is 332 g/mol. The largest absolute Gasteiger partial charge is 0.340 e. The fourth-order valence-electron chi connectivity index (χ4n) is 2.63. The summed E-state index contributed by atoms with van der Waals surface area (Å²) in [7, 11) is 0. The maximum absolute atomic E-state index is 12.8. The second kappa shape index (κ2) is 5.44. The lowest BCUT2D eigenvalue weighted by Gasteiger charge is -2.43. The number of benzene rings is 1. The lowest BCUT2D eigenvalue weighted by atomic mass is 9.91. The molecule has 0 spiro atoms. The summed E-state index contributed by atoms with van der Waals surface area (Å²) in [5.74, 6) is -0.171. The molecule has 1 fully saturated rings. The average Bonchev–Trinajstić information content (AvgIpc) is 2.43. The normalized spacial score (nSPS) is 26.0. The van der Waals surface area contributed by atoms with Crippen molar-refractivity contribution in [1.29, 1.82) is 0 Å². The maximum atomic E-state index is 12.8. The lowest BCUT2D eigenvalue weighted by Crippen LogP contribution is -2.68. The number of nitrogens with zero attached hydrogens (tertiary/aromatic N) is 1. The van der Waals surface area contributed by atoms with E-state index in [1.807, 2.05) is 32.9 Å². The molecule has 2 atom stereocenters. The summed E-state index contributed by atoms with van der Waals surface area (Å²) < 4.78 is 1.03. The Hall–Kier alpha value is -1.36. The van der Waals surface area contributed by atoms with E-state index in [4.69, 9.17) is 0 Å². The number of anilines is 1. The van der Waals surface area contributed by atoms with Crippen molar-refractivity contribution in [3.05, 3.63) is 27.7 Å². The van der Waals surface area contributed by atoms with E-state index in [2.05, 4.69) is 21.2 Å². The fraction of sp³-hybridized carbons (Fsp3) is 0.500. The molecule has 1 heterocycles. The molecule has 2 amide bonds. The Kier molecular flexibility index (Phi) is 4.15. The van der Waals surface area contributed by atoms with Crippen molar-refractivity contribution in [1.82, 2.24) is 5.32 Å². The predicted octanol–water partition coefficient (Wildman–Crippen LogP) is 3.09. The summed E-state index contributed by atoms with van der Waals surface area (Å²) >= 11 is 3.53. The molecule has 2 unspecified atom stereocenters. The van der Waals surface area contributed by atoms with E-state index in [0.29, 0.717) is 6.42 Å². The smallest absolute Gasteiger partial charge is 0.253 e. The molecule has 5 heteroatoms. The van der Waals surface area contributed by atoms with E-state index < -0.39 is 11.6 Å². The standard InChI is InChI=1S/C16H21BrN2O2/c1-6-16(5)15(21)19(11(4)14(20)18-16)12-7-9(2)13(17)10(3)8-12/h7-8,11H,6H2,1-5H3,(H,18,20). The molecule has 2 rings (SSSR count). The highest BCUT2D eigenvalue weighted by molar-refractivity contribution is 9.10. The van der Waals surface area contributed by atoms with Crippen molar-refractivity contribution in [3.63, 3.8) is 0 Å². The number of amides is 2. The average molecular weight is 353 g/mol. The molecule has 4 nitrogen and oxygen atoms in total. The van der Waals surface area contributed by atoms with E-state index in [-0.39, 0.29) is 11.8 Å². The molecule has 1 aliphatic heterocycles. The molecule has 1 saturated heterocycles. The summed E-state index contributed by atoms with van der Waals surface area (Å²) in [6.07, 6.45) is 0.565. The molecule has 1 aliphatic rings. The number of piperazine rings is 1. The van der Waals surface area contributed by atoms with Crippen molar-refractivity contribution in [2.75, 3.05) is 4.90 Å². The topological polar surface area (TPSA) is 49.4 Å². The SMILES string of the molecule is CCC1(C)NC(=O)C(C)N(c2cc(C)c(Br)c(C)c2)C1=O. The Labute approximate surface area is 134 Å². The van der Waals surface area contributed by atoms with Gasteiger partial charge >= 0.3 is 0 Å². The van der Waals surface area contributed by atoms with E-state index in [1.54, 1.807) is 18.7 Å².